The van der Waals surface area contributed by atoms with Crippen LogP contribution in [-0.4, -0.2) is 24.5 Å². The van der Waals surface area contributed by atoms with Gasteiger partial charge in [-0.25, -0.2) is 0 Å². The molecule has 2 aliphatic rings. The number of halogens is 1. The van der Waals surface area contributed by atoms with Crippen LogP contribution in [-0.2, 0) is 22.4 Å². The molecule has 0 saturated heterocycles. The predicted molar refractivity (Wildman–Crippen MR) is 96.4 cm³/mol. The molecule has 4 rings (SSSR count). The molecule has 1 N–H and O–H groups in total. The lowest BCUT2D eigenvalue weighted by Gasteiger charge is -2.15. The van der Waals surface area contributed by atoms with E-state index in [1.165, 1.54) is 0 Å². The van der Waals surface area contributed by atoms with Crippen LogP contribution in [0.4, 0.5) is 11.4 Å². The van der Waals surface area contributed by atoms with Gasteiger partial charge in [0.05, 0.1) is 0 Å². The smallest absolute Gasteiger partial charge is 0.265 e. The maximum atomic E-state index is 12.5. The number of amides is 2. The third-order valence-corrected chi connectivity index (χ3v) is 4.85. The molecule has 0 aromatic heterocycles. The van der Waals surface area contributed by atoms with Crippen molar-refractivity contribution < 1.29 is 14.3 Å². The molecule has 0 spiro atoms. The summed E-state index contributed by atoms with van der Waals surface area (Å²) < 4.78 is 5.71. The highest BCUT2D eigenvalue weighted by Gasteiger charge is 2.30. The highest BCUT2D eigenvalue weighted by Crippen LogP contribution is 2.33. The number of nitrogens with one attached hydrogen (secondary N) is 1. The van der Waals surface area contributed by atoms with Gasteiger partial charge < -0.3 is 15.0 Å². The summed E-state index contributed by atoms with van der Waals surface area (Å²) in [5.74, 6) is 0.551. The predicted octanol–water partition coefficient (Wildman–Crippen LogP) is 3.19. The van der Waals surface area contributed by atoms with E-state index < -0.39 is 6.10 Å². The van der Waals surface area contributed by atoms with Crippen molar-refractivity contribution in [3.05, 3.63) is 52.5 Å². The van der Waals surface area contributed by atoms with Crippen LogP contribution < -0.4 is 15.0 Å². The van der Waals surface area contributed by atoms with Gasteiger partial charge in [-0.05, 0) is 53.9 Å². The second-order valence-electron chi connectivity index (χ2n) is 6.32. The molecule has 0 aliphatic carbocycles. The minimum atomic E-state index is -0.560. The third kappa shape index (κ3) is 2.96. The van der Waals surface area contributed by atoms with E-state index in [2.05, 4.69) is 5.32 Å². The average Bonchev–Trinajstić information content (AvgIpc) is 3.17. The standard InChI is InChI=1S/C19H17ClN2O3/c1-11(23)22-7-6-12-9-15(3-4-16(12)22)21-19(24)18-10-13-8-14(20)2-5-17(13)25-18/h2-5,8-9,18H,6-7,10H2,1H3,(H,21,24)/t18-/m0/s1. The summed E-state index contributed by atoms with van der Waals surface area (Å²) in [4.78, 5) is 25.9. The van der Waals surface area contributed by atoms with E-state index in [0.29, 0.717) is 29.4 Å². The molecule has 0 radical (unpaired) electrons. The average molecular weight is 357 g/mol. The van der Waals surface area contributed by atoms with Crippen molar-refractivity contribution >= 4 is 34.8 Å². The van der Waals surface area contributed by atoms with Gasteiger partial charge in [0.1, 0.15) is 5.75 Å². The Balaban J connectivity index is 1.47. The van der Waals surface area contributed by atoms with Crippen molar-refractivity contribution in [2.75, 3.05) is 16.8 Å². The molecule has 0 saturated carbocycles. The third-order valence-electron chi connectivity index (χ3n) is 4.61. The molecular weight excluding hydrogens is 340 g/mol. The van der Waals surface area contributed by atoms with Gasteiger partial charge in [0.15, 0.2) is 6.10 Å². The molecular formula is C19H17ClN2O3. The fourth-order valence-electron chi connectivity index (χ4n) is 3.39. The number of rotatable bonds is 2. The largest absolute Gasteiger partial charge is 0.480 e. The van der Waals surface area contributed by atoms with Gasteiger partial charge in [-0.1, -0.05) is 11.6 Å². The second kappa shape index (κ2) is 6.08. The van der Waals surface area contributed by atoms with E-state index >= 15 is 0 Å². The molecule has 0 fully saturated rings. The van der Waals surface area contributed by atoms with Gasteiger partial charge in [0.25, 0.3) is 5.91 Å². The molecule has 2 aromatic rings. The Labute approximate surface area is 150 Å². The molecule has 2 heterocycles. The maximum Gasteiger partial charge on any atom is 0.265 e. The van der Waals surface area contributed by atoms with Crippen molar-refractivity contribution in [2.45, 2.75) is 25.9 Å². The molecule has 25 heavy (non-hydrogen) atoms. The van der Waals surface area contributed by atoms with Crippen molar-refractivity contribution in [3.63, 3.8) is 0 Å². The molecule has 6 heteroatoms. The van der Waals surface area contributed by atoms with E-state index in [0.717, 1.165) is 23.2 Å². The first-order chi connectivity index (χ1) is 12.0. The fourth-order valence-corrected chi connectivity index (χ4v) is 3.59. The zero-order valence-electron chi connectivity index (χ0n) is 13.7. The second-order valence-corrected chi connectivity index (χ2v) is 6.75. The van der Waals surface area contributed by atoms with Crippen LogP contribution in [0.2, 0.25) is 5.02 Å². The first-order valence-electron chi connectivity index (χ1n) is 8.18. The summed E-state index contributed by atoms with van der Waals surface area (Å²) in [7, 11) is 0. The van der Waals surface area contributed by atoms with Crippen LogP contribution in [0.1, 0.15) is 18.1 Å². The topological polar surface area (TPSA) is 58.6 Å². The normalized spacial score (nSPS) is 17.7. The number of ether oxygens (including phenoxy) is 1. The summed E-state index contributed by atoms with van der Waals surface area (Å²) in [5, 5.41) is 3.54. The number of anilines is 2. The molecule has 1 atom stereocenters. The zero-order valence-corrected chi connectivity index (χ0v) is 14.5. The van der Waals surface area contributed by atoms with Gasteiger partial charge in [0.2, 0.25) is 5.91 Å². The van der Waals surface area contributed by atoms with E-state index in [9.17, 15) is 9.59 Å². The quantitative estimate of drug-likeness (QED) is 0.899. The van der Waals surface area contributed by atoms with Crippen molar-refractivity contribution in [2.24, 2.45) is 0 Å². The molecule has 2 amide bonds. The summed E-state index contributed by atoms with van der Waals surface area (Å²) >= 11 is 5.98. The summed E-state index contributed by atoms with van der Waals surface area (Å²) in [6.07, 6.45) is 0.739. The minimum absolute atomic E-state index is 0.0336. The van der Waals surface area contributed by atoms with Gasteiger partial charge in [-0.15, -0.1) is 0 Å². The number of benzene rings is 2. The Kier molecular flexibility index (Phi) is 3.88. The van der Waals surface area contributed by atoms with Gasteiger partial charge >= 0.3 is 0 Å². The van der Waals surface area contributed by atoms with Gasteiger partial charge in [-0.2, -0.15) is 0 Å². The Bertz CT molecular complexity index is 881. The fraction of sp³-hybridized carbons (Fsp3) is 0.263. The lowest BCUT2D eigenvalue weighted by Crippen LogP contribution is -2.31. The molecule has 0 bridgehead atoms. The Morgan fingerprint density at radius 2 is 2.04 bits per heavy atom. The summed E-state index contributed by atoms with van der Waals surface area (Å²) in [6.45, 7) is 2.25. The lowest BCUT2D eigenvalue weighted by molar-refractivity contribution is -0.122. The molecule has 128 valence electrons. The van der Waals surface area contributed by atoms with Crippen molar-refractivity contribution in [1.29, 1.82) is 0 Å². The van der Waals surface area contributed by atoms with Crippen LogP contribution >= 0.6 is 11.6 Å². The Morgan fingerprint density at radius 1 is 1.20 bits per heavy atom. The monoisotopic (exact) mass is 356 g/mol. The highest BCUT2D eigenvalue weighted by atomic mass is 35.5. The summed E-state index contributed by atoms with van der Waals surface area (Å²) in [5.41, 5.74) is 3.64. The molecule has 2 aromatic carbocycles. The summed E-state index contributed by atoms with van der Waals surface area (Å²) in [6, 6.07) is 11.0. The number of carbonyl (C=O) groups is 2. The van der Waals surface area contributed by atoms with Crippen molar-refractivity contribution in [1.82, 2.24) is 0 Å². The number of nitrogens with zero attached hydrogens (tertiary/aromatic N) is 1. The Hall–Kier alpha value is -2.53. The number of hydrogen-bond acceptors (Lipinski definition) is 3. The van der Waals surface area contributed by atoms with E-state index in [4.69, 9.17) is 16.3 Å². The van der Waals surface area contributed by atoms with Crippen LogP contribution in [0.25, 0.3) is 0 Å². The Morgan fingerprint density at radius 3 is 2.84 bits per heavy atom. The first kappa shape index (κ1) is 16.0. The first-order valence-corrected chi connectivity index (χ1v) is 8.56. The van der Waals surface area contributed by atoms with Crippen LogP contribution in [0, 0.1) is 0 Å². The van der Waals surface area contributed by atoms with E-state index in [-0.39, 0.29) is 11.8 Å². The number of fused-ring (bicyclic) bond motifs is 2. The van der Waals surface area contributed by atoms with Crippen LogP contribution in [0.5, 0.6) is 5.75 Å². The van der Waals surface area contributed by atoms with E-state index in [1.807, 2.05) is 24.3 Å². The molecule has 5 nitrogen and oxygen atoms in total. The molecule has 2 aliphatic heterocycles. The SMILES string of the molecule is CC(=O)N1CCc2cc(NC(=O)[C@@H]3Cc4cc(Cl)ccc4O3)ccc21. The highest BCUT2D eigenvalue weighted by molar-refractivity contribution is 6.30. The van der Waals surface area contributed by atoms with E-state index in [1.54, 1.807) is 24.0 Å². The van der Waals surface area contributed by atoms with Crippen LogP contribution in [0.15, 0.2) is 36.4 Å². The molecule has 0 unspecified atom stereocenters. The number of hydrogen-bond donors (Lipinski definition) is 1. The van der Waals surface area contributed by atoms with Gasteiger partial charge in [-0.3, -0.25) is 9.59 Å². The van der Waals surface area contributed by atoms with Gasteiger partial charge in [0, 0.05) is 36.3 Å². The minimum Gasteiger partial charge on any atom is -0.480 e. The number of carbonyl (C=O) groups excluding carboxylic acids is 2. The maximum absolute atomic E-state index is 12.5. The lowest BCUT2D eigenvalue weighted by atomic mass is 10.1. The van der Waals surface area contributed by atoms with Crippen molar-refractivity contribution in [3.8, 4) is 5.75 Å². The van der Waals surface area contributed by atoms with Crippen LogP contribution in [0.3, 0.4) is 0 Å². The zero-order chi connectivity index (χ0) is 17.6.